The number of fused-ring (bicyclic) bond motifs is 1. The minimum atomic E-state index is -0.254. The van der Waals surface area contributed by atoms with E-state index in [2.05, 4.69) is 18.2 Å². The van der Waals surface area contributed by atoms with Gasteiger partial charge in [0.2, 0.25) is 5.91 Å². The number of nitrogens with one attached hydrogen (secondary N) is 1. The van der Waals surface area contributed by atoms with Crippen LogP contribution < -0.4 is 9.80 Å². The molecular formula is C19H19N2O2+. The summed E-state index contributed by atoms with van der Waals surface area (Å²) in [5.74, 6) is -0.145. The summed E-state index contributed by atoms with van der Waals surface area (Å²) in [5, 5.41) is 0. The van der Waals surface area contributed by atoms with Gasteiger partial charge in [0.15, 0.2) is 6.04 Å². The summed E-state index contributed by atoms with van der Waals surface area (Å²) in [6.07, 6.45) is 1.28. The average molecular weight is 307 g/mol. The third kappa shape index (κ3) is 2.45. The highest BCUT2D eigenvalue weighted by atomic mass is 16.2. The van der Waals surface area contributed by atoms with Crippen LogP contribution in [0.15, 0.2) is 54.6 Å². The molecule has 2 atom stereocenters. The molecule has 1 saturated heterocycles. The monoisotopic (exact) mass is 307 g/mol. The van der Waals surface area contributed by atoms with Crippen molar-refractivity contribution in [2.45, 2.75) is 25.4 Å². The highest BCUT2D eigenvalue weighted by Gasteiger charge is 2.46. The molecule has 2 unspecified atom stereocenters. The van der Waals surface area contributed by atoms with Gasteiger partial charge in [-0.25, -0.2) is 4.90 Å². The second-order valence-corrected chi connectivity index (χ2v) is 6.26. The van der Waals surface area contributed by atoms with E-state index in [-0.39, 0.29) is 17.9 Å². The lowest BCUT2D eigenvalue weighted by molar-refractivity contribution is -0.930. The number of amides is 2. The number of nitrogens with zero attached hydrogens (tertiary/aromatic N) is 1. The fourth-order valence-corrected chi connectivity index (χ4v) is 3.70. The molecule has 2 aliphatic rings. The van der Waals surface area contributed by atoms with Crippen molar-refractivity contribution in [2.24, 2.45) is 0 Å². The van der Waals surface area contributed by atoms with E-state index in [1.54, 1.807) is 0 Å². The quantitative estimate of drug-likeness (QED) is 0.840. The summed E-state index contributed by atoms with van der Waals surface area (Å²) in [7, 11) is 0. The molecule has 4 nitrogen and oxygen atoms in total. The molecule has 2 heterocycles. The molecule has 0 aromatic heterocycles. The van der Waals surface area contributed by atoms with Gasteiger partial charge in [-0.3, -0.25) is 9.59 Å². The van der Waals surface area contributed by atoms with Gasteiger partial charge < -0.3 is 4.90 Å². The first kappa shape index (κ1) is 14.2. The van der Waals surface area contributed by atoms with Gasteiger partial charge in [0.05, 0.1) is 18.7 Å². The molecule has 0 bridgehead atoms. The second-order valence-electron chi connectivity index (χ2n) is 6.26. The van der Waals surface area contributed by atoms with Crippen molar-refractivity contribution in [1.82, 2.24) is 0 Å². The molecule has 2 aromatic carbocycles. The summed E-state index contributed by atoms with van der Waals surface area (Å²) < 4.78 is 0. The van der Waals surface area contributed by atoms with E-state index in [0.29, 0.717) is 12.1 Å². The van der Waals surface area contributed by atoms with Crippen LogP contribution in [-0.4, -0.2) is 24.4 Å². The molecule has 116 valence electrons. The van der Waals surface area contributed by atoms with Crippen molar-refractivity contribution in [3.8, 4) is 0 Å². The first-order chi connectivity index (χ1) is 11.2. The fraction of sp³-hybridized carbons (Fsp3) is 0.263. The minimum absolute atomic E-state index is 0.0596. The summed E-state index contributed by atoms with van der Waals surface area (Å²) >= 11 is 0. The number of imide groups is 1. The average Bonchev–Trinajstić information content (AvgIpc) is 2.90. The van der Waals surface area contributed by atoms with E-state index in [1.807, 2.05) is 36.4 Å². The van der Waals surface area contributed by atoms with Crippen LogP contribution in [0.5, 0.6) is 0 Å². The Labute approximate surface area is 135 Å². The van der Waals surface area contributed by atoms with Crippen LogP contribution in [0.25, 0.3) is 0 Å². The maximum absolute atomic E-state index is 12.8. The standard InChI is InChI=1S/C19H18N2O2/c22-18-12-17(19(23)21(18)16-8-2-1-3-9-16)20-11-10-14-6-4-5-7-15(14)13-20/h1-9,17H,10-13H2/p+1. The van der Waals surface area contributed by atoms with E-state index in [9.17, 15) is 9.59 Å². The molecule has 23 heavy (non-hydrogen) atoms. The number of quaternary nitrogens is 1. The van der Waals surface area contributed by atoms with Crippen LogP contribution in [-0.2, 0) is 22.6 Å². The molecule has 0 radical (unpaired) electrons. The zero-order valence-electron chi connectivity index (χ0n) is 12.9. The van der Waals surface area contributed by atoms with E-state index in [1.165, 1.54) is 20.9 Å². The van der Waals surface area contributed by atoms with Crippen LogP contribution >= 0.6 is 0 Å². The number of carbonyl (C=O) groups is 2. The van der Waals surface area contributed by atoms with E-state index >= 15 is 0 Å². The normalized spacial score (nSPS) is 23.9. The molecule has 4 heteroatoms. The van der Waals surface area contributed by atoms with Gasteiger partial charge in [0.25, 0.3) is 5.91 Å². The van der Waals surface area contributed by atoms with Crippen LogP contribution in [0, 0.1) is 0 Å². The van der Waals surface area contributed by atoms with Gasteiger partial charge in [-0.1, -0.05) is 42.5 Å². The number of carbonyl (C=O) groups excluding carboxylic acids is 2. The molecule has 0 aliphatic carbocycles. The number of rotatable bonds is 2. The lowest BCUT2D eigenvalue weighted by Gasteiger charge is -2.29. The predicted octanol–water partition coefficient (Wildman–Crippen LogP) is 0.960. The summed E-state index contributed by atoms with van der Waals surface area (Å²) in [4.78, 5) is 27.8. The van der Waals surface area contributed by atoms with Gasteiger partial charge in [-0.2, -0.15) is 0 Å². The summed E-state index contributed by atoms with van der Waals surface area (Å²) in [6, 6.07) is 17.4. The van der Waals surface area contributed by atoms with Crippen LogP contribution in [0.2, 0.25) is 0 Å². The smallest absolute Gasteiger partial charge is 0.292 e. The summed E-state index contributed by atoms with van der Waals surface area (Å²) in [6.45, 7) is 1.73. The van der Waals surface area contributed by atoms with Crippen molar-refractivity contribution < 1.29 is 14.5 Å². The lowest BCUT2D eigenvalue weighted by Crippen LogP contribution is -3.16. The van der Waals surface area contributed by atoms with Crippen LogP contribution in [0.1, 0.15) is 17.5 Å². The molecule has 1 fully saturated rings. The maximum atomic E-state index is 12.8. The molecule has 2 aliphatic heterocycles. The first-order valence-corrected chi connectivity index (χ1v) is 8.07. The van der Waals surface area contributed by atoms with E-state index in [4.69, 9.17) is 0 Å². The second kappa shape index (κ2) is 5.63. The molecule has 0 spiro atoms. The number of hydrogen-bond acceptors (Lipinski definition) is 2. The third-order valence-corrected chi connectivity index (χ3v) is 4.91. The Bertz CT molecular complexity index is 757. The van der Waals surface area contributed by atoms with Crippen molar-refractivity contribution in [3.05, 3.63) is 65.7 Å². The highest BCUT2D eigenvalue weighted by molar-refractivity contribution is 6.21. The highest BCUT2D eigenvalue weighted by Crippen LogP contribution is 2.22. The Balaban J connectivity index is 1.58. The Hall–Kier alpha value is -2.46. The molecular weight excluding hydrogens is 288 g/mol. The maximum Gasteiger partial charge on any atom is 0.292 e. The van der Waals surface area contributed by atoms with Crippen molar-refractivity contribution in [2.75, 3.05) is 11.4 Å². The topological polar surface area (TPSA) is 41.8 Å². The molecule has 1 N–H and O–H groups in total. The summed E-state index contributed by atoms with van der Waals surface area (Å²) in [5.41, 5.74) is 3.35. The van der Waals surface area contributed by atoms with Crippen LogP contribution in [0.3, 0.4) is 0 Å². The number of anilines is 1. The van der Waals surface area contributed by atoms with Crippen molar-refractivity contribution in [3.63, 3.8) is 0 Å². The van der Waals surface area contributed by atoms with Crippen molar-refractivity contribution >= 4 is 17.5 Å². The van der Waals surface area contributed by atoms with Gasteiger partial charge in [0, 0.05) is 12.0 Å². The predicted molar refractivity (Wildman–Crippen MR) is 87.0 cm³/mol. The molecule has 4 rings (SSSR count). The van der Waals surface area contributed by atoms with E-state index < -0.39 is 0 Å². The SMILES string of the molecule is O=C1CC([NH+]2CCc3ccccc3C2)C(=O)N1c1ccccc1. The first-order valence-electron chi connectivity index (χ1n) is 8.07. The molecule has 0 saturated carbocycles. The number of benzene rings is 2. The van der Waals surface area contributed by atoms with Crippen molar-refractivity contribution in [1.29, 1.82) is 0 Å². The zero-order chi connectivity index (χ0) is 15.8. The Morgan fingerprint density at radius 3 is 2.39 bits per heavy atom. The van der Waals surface area contributed by atoms with Gasteiger partial charge in [-0.05, 0) is 17.7 Å². The molecule has 2 amide bonds. The Morgan fingerprint density at radius 1 is 0.913 bits per heavy atom. The van der Waals surface area contributed by atoms with Gasteiger partial charge in [-0.15, -0.1) is 0 Å². The number of para-hydroxylation sites is 1. The largest absolute Gasteiger partial charge is 0.320 e. The van der Waals surface area contributed by atoms with E-state index in [0.717, 1.165) is 19.5 Å². The third-order valence-electron chi connectivity index (χ3n) is 4.91. The Kier molecular flexibility index (Phi) is 3.46. The molecule has 2 aromatic rings. The van der Waals surface area contributed by atoms with Gasteiger partial charge in [0.1, 0.15) is 6.54 Å². The number of hydrogen-bond donors (Lipinski definition) is 1. The zero-order valence-corrected chi connectivity index (χ0v) is 12.9. The van der Waals surface area contributed by atoms with Gasteiger partial charge >= 0.3 is 0 Å². The van der Waals surface area contributed by atoms with Crippen LogP contribution in [0.4, 0.5) is 5.69 Å². The fourth-order valence-electron chi connectivity index (χ4n) is 3.70. The Morgan fingerprint density at radius 2 is 1.61 bits per heavy atom. The lowest BCUT2D eigenvalue weighted by atomic mass is 9.98. The minimum Gasteiger partial charge on any atom is -0.320 e.